The Bertz CT molecular complexity index is 765. The lowest BCUT2D eigenvalue weighted by Crippen LogP contribution is -2.35. The van der Waals surface area contributed by atoms with Crippen molar-refractivity contribution in [3.8, 4) is 0 Å². The van der Waals surface area contributed by atoms with E-state index >= 15 is 0 Å². The average Bonchev–Trinajstić information content (AvgIpc) is 2.96. The second-order valence-electron chi connectivity index (χ2n) is 6.33. The van der Waals surface area contributed by atoms with Crippen LogP contribution in [0, 0.1) is 0 Å². The molecule has 0 unspecified atom stereocenters. The molecule has 134 valence electrons. The Hall–Kier alpha value is -1.37. The first-order valence-electron chi connectivity index (χ1n) is 8.28. The van der Waals surface area contributed by atoms with Crippen molar-refractivity contribution < 1.29 is 4.79 Å². The fourth-order valence-electron chi connectivity index (χ4n) is 2.75. The highest BCUT2D eigenvalue weighted by molar-refractivity contribution is 7.13. The minimum atomic E-state index is -0.0274. The summed E-state index contributed by atoms with van der Waals surface area (Å²) in [5.41, 5.74) is 1.03. The molecule has 2 heterocycles. The molecule has 8 heteroatoms. The Morgan fingerprint density at radius 2 is 1.92 bits per heavy atom. The molecular formula is C17H20Cl2N4OS. The fourth-order valence-corrected chi connectivity index (χ4v) is 3.86. The van der Waals surface area contributed by atoms with Gasteiger partial charge in [-0.25, -0.2) is 0 Å². The number of hydrogen-bond donors (Lipinski definition) is 0. The van der Waals surface area contributed by atoms with Crippen molar-refractivity contribution >= 4 is 46.1 Å². The summed E-state index contributed by atoms with van der Waals surface area (Å²) in [5, 5.41) is 10.7. The zero-order valence-corrected chi connectivity index (χ0v) is 16.5. The number of halogens is 2. The van der Waals surface area contributed by atoms with Gasteiger partial charge in [0.15, 0.2) is 0 Å². The molecule has 0 atom stereocenters. The van der Waals surface area contributed by atoms with Crippen molar-refractivity contribution in [2.75, 3.05) is 31.1 Å². The van der Waals surface area contributed by atoms with Crippen LogP contribution in [0.25, 0.3) is 0 Å². The Morgan fingerprint density at radius 3 is 2.60 bits per heavy atom. The molecule has 1 aromatic carbocycles. The Balaban J connectivity index is 1.68. The maximum absolute atomic E-state index is 12.7. The van der Waals surface area contributed by atoms with E-state index in [9.17, 15) is 4.79 Å². The lowest BCUT2D eigenvalue weighted by molar-refractivity contribution is 0.0766. The van der Waals surface area contributed by atoms with Gasteiger partial charge in [0.25, 0.3) is 5.91 Å². The highest BCUT2D eigenvalue weighted by Gasteiger charge is 2.24. The van der Waals surface area contributed by atoms with Gasteiger partial charge in [0.05, 0.1) is 10.0 Å². The van der Waals surface area contributed by atoms with E-state index in [1.807, 2.05) is 23.1 Å². The molecule has 1 aliphatic heterocycles. The van der Waals surface area contributed by atoms with Crippen LogP contribution >= 0.6 is 34.5 Å². The van der Waals surface area contributed by atoms with Crippen LogP contribution in [0.2, 0.25) is 10.0 Å². The third-order valence-corrected chi connectivity index (χ3v) is 6.12. The first kappa shape index (κ1) is 18.4. The van der Waals surface area contributed by atoms with Gasteiger partial charge in [-0.2, -0.15) is 0 Å². The van der Waals surface area contributed by atoms with Gasteiger partial charge in [0, 0.05) is 37.8 Å². The SMILES string of the molecule is CC(C)c1nnc(C(=O)N2CCCN(c3ccc(Cl)c(Cl)c3)CC2)s1. The third-order valence-electron chi connectivity index (χ3n) is 4.17. The average molecular weight is 399 g/mol. The highest BCUT2D eigenvalue weighted by atomic mass is 35.5. The number of carbonyl (C=O) groups is 1. The van der Waals surface area contributed by atoms with Gasteiger partial charge < -0.3 is 9.80 Å². The molecule has 2 aromatic rings. The lowest BCUT2D eigenvalue weighted by atomic mass is 10.2. The molecule has 3 rings (SSSR count). The van der Waals surface area contributed by atoms with E-state index in [0.29, 0.717) is 28.1 Å². The molecular weight excluding hydrogens is 379 g/mol. The van der Waals surface area contributed by atoms with Crippen LogP contribution in [0.5, 0.6) is 0 Å². The third kappa shape index (κ3) is 4.25. The van der Waals surface area contributed by atoms with Crippen LogP contribution in [0.1, 0.15) is 41.0 Å². The summed E-state index contributed by atoms with van der Waals surface area (Å²) in [6.07, 6.45) is 0.891. The Kier molecular flexibility index (Phi) is 5.81. The molecule has 0 radical (unpaired) electrons. The summed E-state index contributed by atoms with van der Waals surface area (Å²) < 4.78 is 0. The summed E-state index contributed by atoms with van der Waals surface area (Å²) in [4.78, 5) is 16.8. The molecule has 0 saturated carbocycles. The van der Waals surface area contributed by atoms with Crippen LogP contribution < -0.4 is 4.90 Å². The number of anilines is 1. The van der Waals surface area contributed by atoms with Crippen molar-refractivity contribution in [2.24, 2.45) is 0 Å². The predicted octanol–water partition coefficient (Wildman–Crippen LogP) is 4.32. The number of rotatable bonds is 3. The van der Waals surface area contributed by atoms with Crippen LogP contribution in [-0.2, 0) is 0 Å². The second-order valence-corrected chi connectivity index (χ2v) is 8.15. The number of carbonyl (C=O) groups excluding carboxylic acids is 1. The molecule has 5 nitrogen and oxygen atoms in total. The van der Waals surface area contributed by atoms with E-state index in [0.717, 1.165) is 30.2 Å². The van der Waals surface area contributed by atoms with Crippen molar-refractivity contribution in [3.05, 3.63) is 38.3 Å². The van der Waals surface area contributed by atoms with E-state index in [1.165, 1.54) is 11.3 Å². The van der Waals surface area contributed by atoms with Gasteiger partial charge in [0.1, 0.15) is 5.01 Å². The van der Waals surface area contributed by atoms with Gasteiger partial charge in [-0.3, -0.25) is 4.79 Å². The van der Waals surface area contributed by atoms with Crippen LogP contribution in [0.15, 0.2) is 18.2 Å². The largest absolute Gasteiger partial charge is 0.370 e. The van der Waals surface area contributed by atoms with Crippen LogP contribution in [0.3, 0.4) is 0 Å². The summed E-state index contributed by atoms with van der Waals surface area (Å²) in [7, 11) is 0. The van der Waals surface area contributed by atoms with Crippen molar-refractivity contribution in [1.82, 2.24) is 15.1 Å². The lowest BCUT2D eigenvalue weighted by Gasteiger charge is -2.23. The van der Waals surface area contributed by atoms with E-state index in [-0.39, 0.29) is 11.8 Å². The number of nitrogens with zero attached hydrogens (tertiary/aromatic N) is 4. The van der Waals surface area contributed by atoms with Crippen molar-refractivity contribution in [1.29, 1.82) is 0 Å². The van der Waals surface area contributed by atoms with Crippen LogP contribution in [-0.4, -0.2) is 47.2 Å². The van der Waals surface area contributed by atoms with E-state index in [1.54, 1.807) is 0 Å². The maximum atomic E-state index is 12.7. The summed E-state index contributed by atoms with van der Waals surface area (Å²) >= 11 is 13.5. The first-order valence-corrected chi connectivity index (χ1v) is 9.85. The number of benzene rings is 1. The minimum absolute atomic E-state index is 0.0274. The molecule has 0 aliphatic carbocycles. The zero-order chi connectivity index (χ0) is 18.0. The molecule has 0 spiro atoms. The quantitative estimate of drug-likeness (QED) is 0.771. The smallest absolute Gasteiger partial charge is 0.284 e. The molecule has 0 bridgehead atoms. The highest BCUT2D eigenvalue weighted by Crippen LogP contribution is 2.28. The van der Waals surface area contributed by atoms with Gasteiger partial charge in [-0.05, 0) is 24.6 Å². The topological polar surface area (TPSA) is 49.3 Å². The summed E-state index contributed by atoms with van der Waals surface area (Å²) in [5.74, 6) is 0.258. The van der Waals surface area contributed by atoms with Crippen LogP contribution in [0.4, 0.5) is 5.69 Å². The number of amides is 1. The fraction of sp³-hybridized carbons (Fsp3) is 0.471. The molecule has 1 aliphatic rings. The first-order chi connectivity index (χ1) is 12.0. The molecule has 25 heavy (non-hydrogen) atoms. The molecule has 0 N–H and O–H groups in total. The number of hydrogen-bond acceptors (Lipinski definition) is 5. The minimum Gasteiger partial charge on any atom is -0.370 e. The standard InChI is InChI=1S/C17H20Cl2N4OS/c1-11(2)15-20-21-16(25-15)17(24)23-7-3-6-22(8-9-23)12-4-5-13(18)14(19)10-12/h4-5,10-11H,3,6-9H2,1-2H3. The summed E-state index contributed by atoms with van der Waals surface area (Å²) in [6.45, 7) is 7.09. The Morgan fingerprint density at radius 1 is 1.12 bits per heavy atom. The molecule has 1 amide bonds. The van der Waals surface area contributed by atoms with Gasteiger partial charge in [0.2, 0.25) is 5.01 Å². The predicted molar refractivity (Wildman–Crippen MR) is 103 cm³/mol. The van der Waals surface area contributed by atoms with Gasteiger partial charge in [-0.15, -0.1) is 10.2 Å². The summed E-state index contributed by atoms with van der Waals surface area (Å²) in [6, 6.07) is 5.65. The van der Waals surface area contributed by atoms with Crippen molar-refractivity contribution in [2.45, 2.75) is 26.2 Å². The van der Waals surface area contributed by atoms with E-state index < -0.39 is 0 Å². The molecule has 1 fully saturated rings. The maximum Gasteiger partial charge on any atom is 0.284 e. The normalized spacial score (nSPS) is 15.6. The zero-order valence-electron chi connectivity index (χ0n) is 14.2. The van der Waals surface area contributed by atoms with E-state index in [2.05, 4.69) is 28.9 Å². The molecule has 1 saturated heterocycles. The monoisotopic (exact) mass is 398 g/mol. The van der Waals surface area contributed by atoms with Gasteiger partial charge >= 0.3 is 0 Å². The van der Waals surface area contributed by atoms with Crippen molar-refractivity contribution in [3.63, 3.8) is 0 Å². The molecule has 1 aromatic heterocycles. The Labute approximate surface area is 161 Å². The second kappa shape index (κ2) is 7.89. The van der Waals surface area contributed by atoms with Gasteiger partial charge in [-0.1, -0.05) is 48.4 Å². The van der Waals surface area contributed by atoms with E-state index in [4.69, 9.17) is 23.2 Å². The number of aromatic nitrogens is 2.